The molecule has 1 aliphatic rings. The maximum atomic E-state index is 9.88. The van der Waals surface area contributed by atoms with Crippen LogP contribution in [0.3, 0.4) is 0 Å². The molecule has 5 heteroatoms. The SMILES string of the molecule is CCOc1cc(N2CCC(C)(O)C2)ncn1. The Balaban J connectivity index is 2.12. The summed E-state index contributed by atoms with van der Waals surface area (Å²) in [5.41, 5.74) is -0.614. The number of anilines is 1. The number of ether oxygens (including phenoxy) is 1. The Labute approximate surface area is 95.1 Å². The highest BCUT2D eigenvalue weighted by atomic mass is 16.5. The number of aliphatic hydroxyl groups is 1. The number of aromatic nitrogens is 2. The van der Waals surface area contributed by atoms with E-state index in [1.54, 1.807) is 0 Å². The van der Waals surface area contributed by atoms with E-state index in [0.29, 0.717) is 19.0 Å². The Morgan fingerprint density at radius 2 is 2.38 bits per heavy atom. The molecule has 5 nitrogen and oxygen atoms in total. The molecule has 1 atom stereocenters. The number of β-amino-alcohol motifs (C(OH)–C–C–N with tert-alkyl or cyclic N) is 1. The van der Waals surface area contributed by atoms with Gasteiger partial charge in [-0.2, -0.15) is 0 Å². The van der Waals surface area contributed by atoms with Crippen molar-refractivity contribution >= 4 is 5.82 Å². The van der Waals surface area contributed by atoms with Gasteiger partial charge in [-0.25, -0.2) is 9.97 Å². The summed E-state index contributed by atoms with van der Waals surface area (Å²) in [4.78, 5) is 10.3. The first-order chi connectivity index (χ1) is 7.61. The molecule has 1 N–H and O–H groups in total. The Bertz CT molecular complexity index is 368. The zero-order valence-corrected chi connectivity index (χ0v) is 9.68. The third-order valence-corrected chi connectivity index (χ3v) is 2.70. The van der Waals surface area contributed by atoms with Crippen LogP contribution in [0.25, 0.3) is 0 Å². The first-order valence-electron chi connectivity index (χ1n) is 5.53. The van der Waals surface area contributed by atoms with E-state index in [1.165, 1.54) is 6.33 Å². The molecular formula is C11H17N3O2. The fraction of sp³-hybridized carbons (Fsp3) is 0.636. The maximum absolute atomic E-state index is 9.88. The fourth-order valence-corrected chi connectivity index (χ4v) is 1.87. The minimum atomic E-state index is -0.614. The number of rotatable bonds is 3. The standard InChI is InChI=1S/C11H17N3O2/c1-3-16-10-6-9(12-8-13-10)14-5-4-11(2,15)7-14/h6,8,15H,3-5,7H2,1-2H3. The van der Waals surface area contributed by atoms with E-state index in [-0.39, 0.29) is 0 Å². The molecule has 0 saturated carbocycles. The second-order valence-electron chi connectivity index (χ2n) is 4.32. The number of hydrogen-bond donors (Lipinski definition) is 1. The summed E-state index contributed by atoms with van der Waals surface area (Å²) in [6.45, 7) is 5.78. The van der Waals surface area contributed by atoms with Gasteiger partial charge in [-0.3, -0.25) is 0 Å². The van der Waals surface area contributed by atoms with E-state index in [2.05, 4.69) is 9.97 Å². The summed E-state index contributed by atoms with van der Waals surface area (Å²) in [6.07, 6.45) is 2.26. The van der Waals surface area contributed by atoms with Gasteiger partial charge >= 0.3 is 0 Å². The first-order valence-corrected chi connectivity index (χ1v) is 5.53. The molecule has 0 bridgehead atoms. The Hall–Kier alpha value is -1.36. The van der Waals surface area contributed by atoms with Gasteiger partial charge in [-0.15, -0.1) is 0 Å². The van der Waals surface area contributed by atoms with Crippen molar-refractivity contribution in [2.45, 2.75) is 25.9 Å². The third-order valence-electron chi connectivity index (χ3n) is 2.70. The predicted molar refractivity (Wildman–Crippen MR) is 60.7 cm³/mol. The van der Waals surface area contributed by atoms with Crippen molar-refractivity contribution in [1.82, 2.24) is 9.97 Å². The van der Waals surface area contributed by atoms with Crippen molar-refractivity contribution in [3.05, 3.63) is 12.4 Å². The normalized spacial score (nSPS) is 24.8. The van der Waals surface area contributed by atoms with Gasteiger partial charge < -0.3 is 14.7 Å². The minimum absolute atomic E-state index is 0.582. The van der Waals surface area contributed by atoms with Crippen LogP contribution in [0.2, 0.25) is 0 Å². The molecule has 1 unspecified atom stereocenters. The smallest absolute Gasteiger partial charge is 0.218 e. The van der Waals surface area contributed by atoms with Gasteiger partial charge in [0.15, 0.2) is 0 Å². The molecule has 2 heterocycles. The van der Waals surface area contributed by atoms with Crippen molar-refractivity contribution in [3.8, 4) is 5.88 Å². The average Bonchev–Trinajstić information content (AvgIpc) is 2.60. The summed E-state index contributed by atoms with van der Waals surface area (Å²) in [5.74, 6) is 1.40. The predicted octanol–water partition coefficient (Wildman–Crippen LogP) is 0.836. The second kappa shape index (κ2) is 4.25. The molecule has 1 aromatic heterocycles. The van der Waals surface area contributed by atoms with Crippen molar-refractivity contribution in [3.63, 3.8) is 0 Å². The lowest BCUT2D eigenvalue weighted by atomic mass is 10.1. The van der Waals surface area contributed by atoms with Gasteiger partial charge in [0.2, 0.25) is 5.88 Å². The van der Waals surface area contributed by atoms with Gasteiger partial charge in [0.1, 0.15) is 12.1 Å². The van der Waals surface area contributed by atoms with Gasteiger partial charge in [0.05, 0.1) is 12.2 Å². The van der Waals surface area contributed by atoms with Crippen LogP contribution < -0.4 is 9.64 Å². The van der Waals surface area contributed by atoms with Crippen molar-refractivity contribution in [2.24, 2.45) is 0 Å². The van der Waals surface area contributed by atoms with Crippen molar-refractivity contribution in [1.29, 1.82) is 0 Å². The summed E-state index contributed by atoms with van der Waals surface area (Å²) >= 11 is 0. The molecule has 1 saturated heterocycles. The fourth-order valence-electron chi connectivity index (χ4n) is 1.87. The monoisotopic (exact) mass is 223 g/mol. The highest BCUT2D eigenvalue weighted by Gasteiger charge is 2.32. The highest BCUT2D eigenvalue weighted by molar-refractivity contribution is 5.42. The molecule has 88 valence electrons. The van der Waals surface area contributed by atoms with Crippen LogP contribution in [0.15, 0.2) is 12.4 Å². The lowest BCUT2D eigenvalue weighted by Gasteiger charge is -2.19. The van der Waals surface area contributed by atoms with E-state index in [0.717, 1.165) is 18.8 Å². The Morgan fingerprint density at radius 1 is 1.56 bits per heavy atom. The molecule has 0 spiro atoms. The molecule has 2 rings (SSSR count). The van der Waals surface area contributed by atoms with Gasteiger partial charge in [0, 0.05) is 19.2 Å². The molecule has 1 aliphatic heterocycles. The number of nitrogens with zero attached hydrogens (tertiary/aromatic N) is 3. The molecular weight excluding hydrogens is 206 g/mol. The average molecular weight is 223 g/mol. The van der Waals surface area contributed by atoms with Gasteiger partial charge in [0.25, 0.3) is 0 Å². The summed E-state index contributed by atoms with van der Waals surface area (Å²) < 4.78 is 5.32. The minimum Gasteiger partial charge on any atom is -0.478 e. The molecule has 0 aliphatic carbocycles. The largest absolute Gasteiger partial charge is 0.478 e. The maximum Gasteiger partial charge on any atom is 0.218 e. The molecule has 1 fully saturated rings. The Morgan fingerprint density at radius 3 is 3.00 bits per heavy atom. The van der Waals surface area contributed by atoms with E-state index < -0.39 is 5.60 Å². The third kappa shape index (κ3) is 2.41. The lowest BCUT2D eigenvalue weighted by molar-refractivity contribution is 0.0839. The Kier molecular flexibility index (Phi) is 2.96. The van der Waals surface area contributed by atoms with E-state index in [1.807, 2.05) is 24.8 Å². The molecule has 0 radical (unpaired) electrons. The first kappa shape index (κ1) is 11.1. The zero-order valence-electron chi connectivity index (χ0n) is 9.68. The van der Waals surface area contributed by atoms with Crippen molar-refractivity contribution < 1.29 is 9.84 Å². The highest BCUT2D eigenvalue weighted by Crippen LogP contribution is 2.25. The molecule has 0 aromatic carbocycles. The van der Waals surface area contributed by atoms with Crippen molar-refractivity contribution in [2.75, 3.05) is 24.6 Å². The van der Waals surface area contributed by atoms with Crippen LogP contribution in [0, 0.1) is 0 Å². The van der Waals surface area contributed by atoms with Crippen LogP contribution in [0.4, 0.5) is 5.82 Å². The summed E-state index contributed by atoms with van der Waals surface area (Å²) in [6, 6.07) is 1.81. The quantitative estimate of drug-likeness (QED) is 0.822. The van der Waals surface area contributed by atoms with E-state index >= 15 is 0 Å². The van der Waals surface area contributed by atoms with Gasteiger partial charge in [-0.1, -0.05) is 0 Å². The van der Waals surface area contributed by atoms with Crippen LogP contribution in [-0.2, 0) is 0 Å². The zero-order chi connectivity index (χ0) is 11.6. The summed E-state index contributed by atoms with van der Waals surface area (Å²) in [7, 11) is 0. The van der Waals surface area contributed by atoms with E-state index in [4.69, 9.17) is 4.74 Å². The number of hydrogen-bond acceptors (Lipinski definition) is 5. The van der Waals surface area contributed by atoms with Crippen LogP contribution in [-0.4, -0.2) is 40.4 Å². The molecule has 1 aromatic rings. The topological polar surface area (TPSA) is 58.5 Å². The van der Waals surface area contributed by atoms with Crippen LogP contribution >= 0.6 is 0 Å². The van der Waals surface area contributed by atoms with Gasteiger partial charge in [-0.05, 0) is 20.3 Å². The van der Waals surface area contributed by atoms with E-state index in [9.17, 15) is 5.11 Å². The second-order valence-corrected chi connectivity index (χ2v) is 4.32. The lowest BCUT2D eigenvalue weighted by Crippen LogP contribution is -2.30. The summed E-state index contributed by atoms with van der Waals surface area (Å²) in [5, 5.41) is 9.88. The molecule has 0 amide bonds. The molecule has 16 heavy (non-hydrogen) atoms. The van der Waals surface area contributed by atoms with Crippen LogP contribution in [0.5, 0.6) is 5.88 Å². The van der Waals surface area contributed by atoms with Crippen LogP contribution in [0.1, 0.15) is 20.3 Å².